The highest BCUT2D eigenvalue weighted by atomic mass is 35.5. The van der Waals surface area contributed by atoms with E-state index < -0.39 is 5.82 Å². The number of benzene rings is 2. The number of nitrogens with zero attached hydrogens (tertiary/aromatic N) is 2. The summed E-state index contributed by atoms with van der Waals surface area (Å²) in [4.78, 5) is 17.6. The first-order valence-electron chi connectivity index (χ1n) is 11.4. The van der Waals surface area contributed by atoms with Crippen molar-refractivity contribution in [3.8, 4) is 5.75 Å². The lowest BCUT2D eigenvalue weighted by Crippen LogP contribution is -2.49. The lowest BCUT2D eigenvalue weighted by atomic mass is 9.94. The highest BCUT2D eigenvalue weighted by molar-refractivity contribution is 6.31. The summed E-state index contributed by atoms with van der Waals surface area (Å²) in [5, 5.41) is -0.0404. The van der Waals surface area contributed by atoms with Crippen LogP contribution in [0.4, 0.5) is 4.39 Å². The standard InChI is InChI=1S/C26H34ClFN2O3/c1-17-18(2)25(33-5)9-7-22(17)19(3)29-12-10-21(11-13-29)30(14-15-32-4)26(31)20-6-8-24(28)23(27)16-20/h6-9,16,19,21H,10-15H2,1-5H3. The van der Waals surface area contributed by atoms with E-state index in [9.17, 15) is 9.18 Å². The number of amides is 1. The number of rotatable bonds is 8. The van der Waals surface area contributed by atoms with Crippen LogP contribution in [-0.4, -0.2) is 62.2 Å². The highest BCUT2D eigenvalue weighted by Crippen LogP contribution is 2.32. The molecule has 1 aliphatic heterocycles. The molecule has 7 heteroatoms. The fourth-order valence-electron chi connectivity index (χ4n) is 4.71. The van der Waals surface area contributed by atoms with Crippen LogP contribution in [-0.2, 0) is 4.74 Å². The van der Waals surface area contributed by atoms with Gasteiger partial charge in [-0.2, -0.15) is 0 Å². The van der Waals surface area contributed by atoms with Crippen molar-refractivity contribution in [3.05, 3.63) is 63.4 Å². The van der Waals surface area contributed by atoms with E-state index in [4.69, 9.17) is 21.1 Å². The molecule has 1 fully saturated rings. The molecule has 33 heavy (non-hydrogen) atoms. The van der Waals surface area contributed by atoms with Crippen molar-refractivity contribution in [2.75, 3.05) is 40.5 Å². The molecule has 0 bridgehead atoms. The number of carbonyl (C=O) groups is 1. The van der Waals surface area contributed by atoms with Crippen LogP contribution in [0.15, 0.2) is 30.3 Å². The van der Waals surface area contributed by atoms with Crippen molar-refractivity contribution in [1.82, 2.24) is 9.80 Å². The molecule has 0 spiro atoms. The van der Waals surface area contributed by atoms with Crippen molar-refractivity contribution < 1.29 is 18.7 Å². The molecule has 0 aliphatic carbocycles. The minimum absolute atomic E-state index is 0.0404. The summed E-state index contributed by atoms with van der Waals surface area (Å²) in [6, 6.07) is 8.71. The number of piperidine rings is 1. The van der Waals surface area contributed by atoms with Crippen molar-refractivity contribution in [3.63, 3.8) is 0 Å². The van der Waals surface area contributed by atoms with Gasteiger partial charge in [-0.05, 0) is 74.6 Å². The molecule has 1 heterocycles. The Balaban J connectivity index is 1.71. The van der Waals surface area contributed by atoms with E-state index in [1.165, 1.54) is 34.9 Å². The number of hydrogen-bond donors (Lipinski definition) is 0. The van der Waals surface area contributed by atoms with Crippen molar-refractivity contribution in [2.45, 2.75) is 45.7 Å². The normalized spacial score (nSPS) is 16.0. The lowest BCUT2D eigenvalue weighted by Gasteiger charge is -2.41. The molecule has 5 nitrogen and oxygen atoms in total. The molecular weight excluding hydrogens is 443 g/mol. The Morgan fingerprint density at radius 3 is 2.48 bits per heavy atom. The molecule has 0 N–H and O–H groups in total. The molecule has 2 aromatic carbocycles. The molecule has 180 valence electrons. The van der Waals surface area contributed by atoms with Gasteiger partial charge >= 0.3 is 0 Å². The third kappa shape index (κ3) is 5.68. The van der Waals surface area contributed by atoms with E-state index >= 15 is 0 Å². The molecule has 1 saturated heterocycles. The van der Waals surface area contributed by atoms with Gasteiger partial charge in [0.25, 0.3) is 5.91 Å². The van der Waals surface area contributed by atoms with Crippen LogP contribution in [0, 0.1) is 19.7 Å². The smallest absolute Gasteiger partial charge is 0.254 e. The molecule has 0 aromatic heterocycles. The fraction of sp³-hybridized carbons (Fsp3) is 0.500. The van der Waals surface area contributed by atoms with Crippen LogP contribution in [0.25, 0.3) is 0 Å². The Hall–Kier alpha value is -2.15. The topological polar surface area (TPSA) is 42.0 Å². The number of carbonyl (C=O) groups excluding carboxylic acids is 1. The predicted molar refractivity (Wildman–Crippen MR) is 130 cm³/mol. The van der Waals surface area contributed by atoms with Crippen LogP contribution < -0.4 is 4.74 Å². The average molecular weight is 477 g/mol. The molecule has 3 rings (SSSR count). The molecule has 0 saturated carbocycles. The third-order valence-corrected chi connectivity index (χ3v) is 7.19. The Morgan fingerprint density at radius 2 is 1.88 bits per heavy atom. The van der Waals surface area contributed by atoms with Gasteiger partial charge in [0.1, 0.15) is 11.6 Å². The Kier molecular flexibility index (Phi) is 8.74. The number of methoxy groups -OCH3 is 2. The predicted octanol–water partition coefficient (Wildman–Crippen LogP) is 5.42. The van der Waals surface area contributed by atoms with Gasteiger partial charge in [-0.3, -0.25) is 9.69 Å². The fourth-order valence-corrected chi connectivity index (χ4v) is 4.89. The van der Waals surface area contributed by atoms with Crippen molar-refractivity contribution in [2.24, 2.45) is 0 Å². The maximum absolute atomic E-state index is 13.6. The van der Waals surface area contributed by atoms with Crippen LogP contribution >= 0.6 is 11.6 Å². The van der Waals surface area contributed by atoms with E-state index in [1.807, 2.05) is 11.0 Å². The van der Waals surface area contributed by atoms with Gasteiger partial charge in [-0.25, -0.2) is 4.39 Å². The lowest BCUT2D eigenvalue weighted by molar-refractivity contribution is 0.0445. The van der Waals surface area contributed by atoms with Crippen LogP contribution in [0.2, 0.25) is 5.02 Å². The number of hydrogen-bond acceptors (Lipinski definition) is 4. The number of ether oxygens (including phenoxy) is 2. The highest BCUT2D eigenvalue weighted by Gasteiger charge is 2.31. The molecule has 1 amide bonds. The van der Waals surface area contributed by atoms with E-state index in [2.05, 4.69) is 31.7 Å². The van der Waals surface area contributed by atoms with E-state index in [0.717, 1.165) is 31.7 Å². The summed E-state index contributed by atoms with van der Waals surface area (Å²) >= 11 is 5.92. The monoisotopic (exact) mass is 476 g/mol. The molecule has 1 atom stereocenters. The van der Waals surface area contributed by atoms with Gasteiger partial charge < -0.3 is 14.4 Å². The van der Waals surface area contributed by atoms with Gasteiger partial charge in [-0.15, -0.1) is 0 Å². The van der Waals surface area contributed by atoms with E-state index in [0.29, 0.717) is 18.7 Å². The summed E-state index contributed by atoms with van der Waals surface area (Å²) in [6.07, 6.45) is 1.73. The second kappa shape index (κ2) is 11.3. The van der Waals surface area contributed by atoms with Crippen molar-refractivity contribution in [1.29, 1.82) is 0 Å². The van der Waals surface area contributed by atoms with Crippen LogP contribution in [0.1, 0.15) is 52.9 Å². The molecule has 1 aliphatic rings. The van der Waals surface area contributed by atoms with Gasteiger partial charge in [0, 0.05) is 44.4 Å². The van der Waals surface area contributed by atoms with E-state index in [1.54, 1.807) is 14.2 Å². The van der Waals surface area contributed by atoms with Gasteiger partial charge in [0.2, 0.25) is 0 Å². The van der Waals surface area contributed by atoms with Crippen molar-refractivity contribution >= 4 is 17.5 Å². The summed E-state index contributed by atoms with van der Waals surface area (Å²) < 4.78 is 24.3. The molecular formula is C26H34ClFN2O3. The van der Waals surface area contributed by atoms with E-state index in [-0.39, 0.29) is 23.0 Å². The zero-order chi connectivity index (χ0) is 24.1. The molecule has 1 unspecified atom stereocenters. The summed E-state index contributed by atoms with van der Waals surface area (Å²) in [5.41, 5.74) is 4.14. The van der Waals surface area contributed by atoms with Crippen LogP contribution in [0.5, 0.6) is 5.75 Å². The summed E-state index contributed by atoms with van der Waals surface area (Å²) in [6.45, 7) is 9.19. The Labute approximate surface area is 201 Å². The summed E-state index contributed by atoms with van der Waals surface area (Å²) in [5.74, 6) is 0.250. The number of halogens is 2. The quantitative estimate of drug-likeness (QED) is 0.510. The third-order valence-electron chi connectivity index (χ3n) is 6.90. The van der Waals surface area contributed by atoms with Crippen LogP contribution in [0.3, 0.4) is 0 Å². The Morgan fingerprint density at radius 1 is 1.18 bits per heavy atom. The maximum Gasteiger partial charge on any atom is 0.254 e. The van der Waals surface area contributed by atoms with Gasteiger partial charge in [0.15, 0.2) is 0 Å². The minimum atomic E-state index is -0.525. The summed E-state index contributed by atoms with van der Waals surface area (Å²) in [7, 11) is 3.33. The second-order valence-corrected chi connectivity index (χ2v) is 9.08. The minimum Gasteiger partial charge on any atom is -0.496 e. The molecule has 2 aromatic rings. The second-order valence-electron chi connectivity index (χ2n) is 8.67. The first-order valence-corrected chi connectivity index (χ1v) is 11.8. The first kappa shape index (κ1) is 25.5. The SMILES string of the molecule is COCCN(C(=O)c1ccc(F)c(Cl)c1)C1CCN(C(C)c2ccc(OC)c(C)c2C)CC1. The largest absolute Gasteiger partial charge is 0.496 e. The zero-order valence-corrected chi connectivity index (χ0v) is 20.9. The zero-order valence-electron chi connectivity index (χ0n) is 20.2. The van der Waals surface area contributed by atoms with Gasteiger partial charge in [-0.1, -0.05) is 17.7 Å². The number of likely N-dealkylation sites (tertiary alicyclic amines) is 1. The maximum atomic E-state index is 13.6. The first-order chi connectivity index (χ1) is 15.8. The Bertz CT molecular complexity index is 976. The van der Waals surface area contributed by atoms with Gasteiger partial charge in [0.05, 0.1) is 18.7 Å². The molecule has 0 radical (unpaired) electrons. The average Bonchev–Trinajstić information content (AvgIpc) is 2.82.